The van der Waals surface area contributed by atoms with Crippen LogP contribution in [-0.4, -0.2) is 35.9 Å². The quantitative estimate of drug-likeness (QED) is 0.351. The minimum absolute atomic E-state index is 0.0384. The molecule has 0 spiro atoms. The first-order chi connectivity index (χ1) is 13.7. The summed E-state index contributed by atoms with van der Waals surface area (Å²) >= 11 is 0. The molecule has 0 saturated heterocycles. The van der Waals surface area contributed by atoms with Gasteiger partial charge < -0.3 is 20.8 Å². The number of nitrogens with one attached hydrogen (secondary N) is 2. The van der Waals surface area contributed by atoms with Crippen LogP contribution in [0.2, 0.25) is 0 Å². The smallest absolute Gasteiger partial charge is 0.157 e. The molecule has 3 rings (SSSR count). The summed E-state index contributed by atoms with van der Waals surface area (Å²) < 4.78 is 0. The van der Waals surface area contributed by atoms with Crippen LogP contribution in [0.3, 0.4) is 0 Å². The highest BCUT2D eigenvalue weighted by Crippen LogP contribution is 2.25. The number of unbranched alkanes of at least 4 members (excludes halogenated alkanes) is 3. The highest BCUT2D eigenvalue weighted by Gasteiger charge is 2.16. The Labute approximate surface area is 169 Å². The van der Waals surface area contributed by atoms with Gasteiger partial charge in [-0.2, -0.15) is 0 Å². The summed E-state index contributed by atoms with van der Waals surface area (Å²) in [5.74, 6) is -0.0944. The van der Waals surface area contributed by atoms with Gasteiger partial charge in [-0.05, 0) is 87.0 Å². The lowest BCUT2D eigenvalue weighted by atomic mass is 9.88. The molecule has 2 aromatic rings. The van der Waals surface area contributed by atoms with E-state index >= 15 is 0 Å². The second-order valence-electron chi connectivity index (χ2n) is 7.90. The van der Waals surface area contributed by atoms with Crippen molar-refractivity contribution in [1.29, 1.82) is 0 Å². The van der Waals surface area contributed by atoms with Crippen molar-refractivity contribution in [3.05, 3.63) is 59.2 Å². The minimum atomic E-state index is -0.0560. The van der Waals surface area contributed by atoms with Gasteiger partial charge in [0.25, 0.3) is 0 Å². The van der Waals surface area contributed by atoms with Gasteiger partial charge in [-0.25, -0.2) is 0 Å². The summed E-state index contributed by atoms with van der Waals surface area (Å²) in [6.45, 7) is 3.07. The van der Waals surface area contributed by atoms with Gasteiger partial charge >= 0.3 is 0 Å². The molecule has 0 fully saturated rings. The zero-order chi connectivity index (χ0) is 19.6. The summed E-state index contributed by atoms with van der Waals surface area (Å²) in [6, 6.07) is 14.5. The van der Waals surface area contributed by atoms with Crippen molar-refractivity contribution in [3.8, 4) is 11.5 Å². The van der Waals surface area contributed by atoms with Crippen LogP contribution in [0.15, 0.2) is 42.5 Å². The predicted octanol–water partition coefficient (Wildman–Crippen LogP) is 3.94. The second-order valence-corrected chi connectivity index (χ2v) is 7.90. The third-order valence-electron chi connectivity index (χ3n) is 5.69. The molecule has 0 amide bonds. The van der Waals surface area contributed by atoms with Crippen LogP contribution in [0.4, 0.5) is 0 Å². The average Bonchev–Trinajstić information content (AvgIpc) is 2.72. The predicted molar refractivity (Wildman–Crippen MR) is 115 cm³/mol. The van der Waals surface area contributed by atoms with Crippen LogP contribution in [0.25, 0.3) is 0 Å². The van der Waals surface area contributed by atoms with Crippen molar-refractivity contribution >= 4 is 0 Å². The molecule has 4 heteroatoms. The number of phenolic OH excluding ortho intramolecular Hbond substituents is 2. The number of benzene rings is 2. The fourth-order valence-corrected chi connectivity index (χ4v) is 3.99. The average molecular weight is 383 g/mol. The van der Waals surface area contributed by atoms with Crippen molar-refractivity contribution in [2.24, 2.45) is 0 Å². The van der Waals surface area contributed by atoms with Gasteiger partial charge in [-0.3, -0.25) is 0 Å². The second kappa shape index (κ2) is 11.1. The van der Waals surface area contributed by atoms with Gasteiger partial charge in [0.2, 0.25) is 0 Å². The monoisotopic (exact) mass is 382 g/mol. The third-order valence-corrected chi connectivity index (χ3v) is 5.69. The zero-order valence-corrected chi connectivity index (χ0v) is 16.8. The van der Waals surface area contributed by atoms with E-state index < -0.39 is 0 Å². The van der Waals surface area contributed by atoms with Crippen molar-refractivity contribution < 1.29 is 10.2 Å². The number of hydrogen-bond acceptors (Lipinski definition) is 4. The van der Waals surface area contributed by atoms with E-state index in [2.05, 4.69) is 34.9 Å². The van der Waals surface area contributed by atoms with Crippen LogP contribution >= 0.6 is 0 Å². The van der Waals surface area contributed by atoms with Crippen LogP contribution in [0.1, 0.15) is 48.8 Å². The zero-order valence-electron chi connectivity index (χ0n) is 16.8. The van der Waals surface area contributed by atoms with Crippen LogP contribution < -0.4 is 10.6 Å². The van der Waals surface area contributed by atoms with E-state index in [1.807, 2.05) is 6.07 Å². The fraction of sp³-hybridized carbons (Fsp3) is 0.500. The Kier molecular flexibility index (Phi) is 8.19. The molecule has 2 aromatic carbocycles. The number of rotatable bonds is 11. The van der Waals surface area contributed by atoms with Crippen LogP contribution in [0, 0.1) is 0 Å². The van der Waals surface area contributed by atoms with Crippen molar-refractivity contribution in [2.45, 2.75) is 57.4 Å². The Bertz CT molecular complexity index is 732. The lowest BCUT2D eigenvalue weighted by Gasteiger charge is -2.25. The van der Waals surface area contributed by atoms with E-state index in [4.69, 9.17) is 0 Å². The van der Waals surface area contributed by atoms with Gasteiger partial charge in [0.05, 0.1) is 0 Å². The van der Waals surface area contributed by atoms with E-state index in [0.717, 1.165) is 31.6 Å². The Balaban J connectivity index is 1.16. The Morgan fingerprint density at radius 1 is 0.821 bits per heavy atom. The molecule has 4 N–H and O–H groups in total. The van der Waals surface area contributed by atoms with Gasteiger partial charge in [0, 0.05) is 6.04 Å². The van der Waals surface area contributed by atoms with Gasteiger partial charge in [0.15, 0.2) is 11.5 Å². The molecular formula is C24H34N2O2. The van der Waals surface area contributed by atoms with Crippen LogP contribution in [-0.2, 0) is 19.3 Å². The molecule has 0 aliphatic heterocycles. The van der Waals surface area contributed by atoms with E-state index in [9.17, 15) is 10.2 Å². The molecule has 0 heterocycles. The number of phenols is 2. The van der Waals surface area contributed by atoms with E-state index in [1.54, 1.807) is 12.1 Å². The molecule has 4 nitrogen and oxygen atoms in total. The maximum absolute atomic E-state index is 9.49. The number of hydrogen-bond donors (Lipinski definition) is 4. The van der Waals surface area contributed by atoms with Gasteiger partial charge in [0.1, 0.15) is 0 Å². The number of fused-ring (bicyclic) bond motifs is 1. The first-order valence-corrected chi connectivity index (χ1v) is 10.7. The van der Waals surface area contributed by atoms with Crippen molar-refractivity contribution in [2.75, 3.05) is 19.6 Å². The number of aryl methyl sites for hydroxylation is 1. The van der Waals surface area contributed by atoms with Crippen molar-refractivity contribution in [3.63, 3.8) is 0 Å². The van der Waals surface area contributed by atoms with Crippen LogP contribution in [0.5, 0.6) is 11.5 Å². The van der Waals surface area contributed by atoms with E-state index in [-0.39, 0.29) is 11.5 Å². The lowest BCUT2D eigenvalue weighted by Crippen LogP contribution is -2.35. The minimum Gasteiger partial charge on any atom is -0.504 e. The first-order valence-electron chi connectivity index (χ1n) is 10.7. The van der Waals surface area contributed by atoms with E-state index in [1.165, 1.54) is 56.1 Å². The van der Waals surface area contributed by atoms with E-state index in [0.29, 0.717) is 6.04 Å². The summed E-state index contributed by atoms with van der Waals surface area (Å²) in [5, 5.41) is 26.0. The maximum Gasteiger partial charge on any atom is 0.157 e. The number of aromatic hydroxyl groups is 2. The standard InChI is InChI=1S/C24H34N2O2/c27-23-12-9-19(17-24(23)28)13-16-25-14-5-1-2-6-15-26-22-11-10-20-7-3-4-8-21(20)18-22/h3-4,7-9,12,17,22,25-28H,1-2,5-6,10-11,13-16,18H2. The summed E-state index contributed by atoms with van der Waals surface area (Å²) in [6.07, 6.45) is 9.53. The molecule has 1 unspecified atom stereocenters. The molecule has 0 saturated carbocycles. The topological polar surface area (TPSA) is 64.5 Å². The maximum atomic E-state index is 9.49. The molecule has 0 aromatic heterocycles. The normalized spacial score (nSPS) is 16.1. The molecule has 0 radical (unpaired) electrons. The molecule has 28 heavy (non-hydrogen) atoms. The third kappa shape index (κ3) is 6.54. The summed E-state index contributed by atoms with van der Waals surface area (Å²) in [4.78, 5) is 0. The summed E-state index contributed by atoms with van der Waals surface area (Å²) in [5.41, 5.74) is 4.11. The van der Waals surface area contributed by atoms with Gasteiger partial charge in [-0.1, -0.05) is 43.2 Å². The highest BCUT2D eigenvalue weighted by molar-refractivity contribution is 5.40. The molecule has 152 valence electrons. The molecule has 1 aliphatic carbocycles. The van der Waals surface area contributed by atoms with Crippen molar-refractivity contribution in [1.82, 2.24) is 10.6 Å². The fourth-order valence-electron chi connectivity index (χ4n) is 3.99. The first kappa shape index (κ1) is 20.7. The highest BCUT2D eigenvalue weighted by atomic mass is 16.3. The van der Waals surface area contributed by atoms with Gasteiger partial charge in [-0.15, -0.1) is 0 Å². The lowest BCUT2D eigenvalue weighted by molar-refractivity contribution is 0.403. The Hall–Kier alpha value is -2.04. The molecule has 1 aliphatic rings. The Morgan fingerprint density at radius 3 is 2.43 bits per heavy atom. The summed E-state index contributed by atoms with van der Waals surface area (Å²) in [7, 11) is 0. The molecular weight excluding hydrogens is 348 g/mol. The molecule has 0 bridgehead atoms. The Morgan fingerprint density at radius 2 is 1.61 bits per heavy atom. The molecule has 1 atom stereocenters. The SMILES string of the molecule is Oc1ccc(CCNCCCCCCNC2CCc3ccccc3C2)cc1O. The largest absolute Gasteiger partial charge is 0.504 e.